The van der Waals surface area contributed by atoms with Crippen LogP contribution in [0.25, 0.3) is 0 Å². The highest BCUT2D eigenvalue weighted by atomic mass is 19.4. The van der Waals surface area contributed by atoms with Crippen LogP contribution in [0.4, 0.5) is 26.3 Å². The molecule has 1 N–H and O–H groups in total. The van der Waals surface area contributed by atoms with Gasteiger partial charge in [-0.1, -0.05) is 54.6 Å². The van der Waals surface area contributed by atoms with Crippen molar-refractivity contribution >= 4 is 17.3 Å². The summed E-state index contributed by atoms with van der Waals surface area (Å²) < 4.78 is 84.8. The molecule has 1 aliphatic heterocycles. The van der Waals surface area contributed by atoms with Gasteiger partial charge in [0.15, 0.2) is 17.3 Å². The fourth-order valence-electron chi connectivity index (χ4n) is 6.08. The Morgan fingerprint density at radius 1 is 0.792 bits per heavy atom. The predicted octanol–water partition coefficient (Wildman–Crippen LogP) is 6.94. The summed E-state index contributed by atoms with van der Waals surface area (Å²) in [6.45, 7) is 2.83. The Morgan fingerprint density at radius 3 is 1.96 bits per heavy atom. The van der Waals surface area contributed by atoms with Gasteiger partial charge in [-0.15, -0.1) is 0 Å². The molecule has 0 spiro atoms. The summed E-state index contributed by atoms with van der Waals surface area (Å²) in [6.07, 6.45) is -7.06. The number of pyridine rings is 1. The number of nitrogens with zero attached hydrogens (tertiary/aromatic N) is 2. The van der Waals surface area contributed by atoms with Gasteiger partial charge >= 0.3 is 12.4 Å². The predicted molar refractivity (Wildman–Crippen MR) is 166 cm³/mol. The fraction of sp³-hybridized carbons (Fsp3) is 0.278. The second kappa shape index (κ2) is 13.8. The standard InChI is InChI=1S/C36H31F6N3O3/c1-21-13-14-23(16-22(21)2)17-29-32(34(48)26-10-4-6-12-28(26)36(40,41)42)45(20-31(46)24-8-7-15-43-18-24)30(19-44-29)33(47)25-9-3-5-11-27(25)35(37,38)39/h3-16,18,29-30,32,44H,17,19-20H2,1-2H3. The normalized spacial score (nSPS) is 18.8. The summed E-state index contributed by atoms with van der Waals surface area (Å²) >= 11 is 0. The molecular weight excluding hydrogens is 636 g/mol. The van der Waals surface area contributed by atoms with Crippen molar-refractivity contribution in [2.75, 3.05) is 13.1 Å². The van der Waals surface area contributed by atoms with Crippen molar-refractivity contribution in [2.45, 2.75) is 50.7 Å². The largest absolute Gasteiger partial charge is 0.417 e. The highest BCUT2D eigenvalue weighted by Crippen LogP contribution is 2.36. The molecule has 4 aromatic rings. The molecule has 3 unspecified atom stereocenters. The maximum absolute atomic E-state index is 14.5. The van der Waals surface area contributed by atoms with E-state index >= 15 is 0 Å². The van der Waals surface area contributed by atoms with Gasteiger partial charge in [0.2, 0.25) is 0 Å². The van der Waals surface area contributed by atoms with Crippen molar-refractivity contribution in [3.05, 3.63) is 136 Å². The van der Waals surface area contributed by atoms with Crippen LogP contribution < -0.4 is 5.32 Å². The number of hydrogen-bond acceptors (Lipinski definition) is 6. The molecule has 1 aromatic heterocycles. The van der Waals surface area contributed by atoms with Crippen LogP contribution >= 0.6 is 0 Å². The Bertz CT molecular complexity index is 1820. The van der Waals surface area contributed by atoms with Crippen LogP contribution in [0.15, 0.2) is 91.3 Å². The average molecular weight is 668 g/mol. The molecule has 0 saturated carbocycles. The van der Waals surface area contributed by atoms with Gasteiger partial charge in [0.1, 0.15) is 0 Å². The van der Waals surface area contributed by atoms with Crippen LogP contribution in [-0.2, 0) is 18.8 Å². The number of piperazine rings is 1. The second-order valence-corrected chi connectivity index (χ2v) is 11.8. The van der Waals surface area contributed by atoms with Crippen LogP contribution in [-0.4, -0.2) is 58.4 Å². The average Bonchev–Trinajstić information content (AvgIpc) is 3.05. The first-order valence-electron chi connectivity index (χ1n) is 15.1. The first-order valence-corrected chi connectivity index (χ1v) is 15.1. The molecule has 0 radical (unpaired) electrons. The van der Waals surface area contributed by atoms with Crippen molar-refractivity contribution in [3.8, 4) is 0 Å². The van der Waals surface area contributed by atoms with Gasteiger partial charge in [-0.05, 0) is 61.2 Å². The Kier molecular flexibility index (Phi) is 9.97. The zero-order valence-corrected chi connectivity index (χ0v) is 25.9. The van der Waals surface area contributed by atoms with E-state index in [0.29, 0.717) is 0 Å². The lowest BCUT2D eigenvalue weighted by Crippen LogP contribution is -2.68. The highest BCUT2D eigenvalue weighted by molar-refractivity contribution is 6.06. The Labute approximate surface area is 272 Å². The molecule has 1 fully saturated rings. The number of nitrogens with one attached hydrogen (secondary N) is 1. The molecule has 48 heavy (non-hydrogen) atoms. The van der Waals surface area contributed by atoms with E-state index in [1.54, 1.807) is 6.07 Å². The van der Waals surface area contributed by atoms with Gasteiger partial charge in [0, 0.05) is 41.7 Å². The van der Waals surface area contributed by atoms with Gasteiger partial charge in [-0.2, -0.15) is 26.3 Å². The third kappa shape index (κ3) is 7.39. The Balaban J connectivity index is 1.67. The molecule has 3 atom stereocenters. The maximum Gasteiger partial charge on any atom is 0.417 e. The summed E-state index contributed by atoms with van der Waals surface area (Å²) in [6, 6.07) is 12.7. The van der Waals surface area contributed by atoms with E-state index in [1.165, 1.54) is 36.7 Å². The number of ketones is 3. The smallest absolute Gasteiger partial charge is 0.310 e. The number of Topliss-reactive ketones (excluding diaryl/α,β-unsaturated/α-hetero) is 3. The van der Waals surface area contributed by atoms with Gasteiger partial charge in [0.05, 0.1) is 29.8 Å². The van der Waals surface area contributed by atoms with Crippen LogP contribution in [0.3, 0.4) is 0 Å². The van der Waals surface area contributed by atoms with Crippen molar-refractivity contribution < 1.29 is 40.7 Å². The van der Waals surface area contributed by atoms with Gasteiger partial charge in [0.25, 0.3) is 0 Å². The molecule has 1 aliphatic rings. The van der Waals surface area contributed by atoms with Crippen LogP contribution in [0.1, 0.15) is 58.9 Å². The first kappa shape index (κ1) is 34.6. The molecule has 1 saturated heterocycles. The SMILES string of the molecule is Cc1ccc(CC2NCC(C(=O)c3ccccc3C(F)(F)F)N(CC(=O)c3cccnc3)C2C(=O)c2ccccc2C(F)(F)F)cc1C. The number of carbonyl (C=O) groups is 3. The van der Waals surface area contributed by atoms with E-state index < -0.39 is 76.6 Å². The molecule has 2 heterocycles. The minimum absolute atomic E-state index is 0.0884. The molecule has 250 valence electrons. The number of halogens is 6. The van der Waals surface area contributed by atoms with Gasteiger partial charge in [-0.3, -0.25) is 24.3 Å². The molecule has 12 heteroatoms. The zero-order valence-electron chi connectivity index (χ0n) is 25.9. The van der Waals surface area contributed by atoms with E-state index in [9.17, 15) is 40.7 Å². The quantitative estimate of drug-likeness (QED) is 0.154. The first-order chi connectivity index (χ1) is 22.7. The Hall–Kier alpha value is -4.68. The van der Waals surface area contributed by atoms with Gasteiger partial charge in [-0.25, -0.2) is 0 Å². The number of benzene rings is 3. The number of rotatable bonds is 9. The molecule has 0 aliphatic carbocycles. The second-order valence-electron chi connectivity index (χ2n) is 11.8. The molecule has 3 aromatic carbocycles. The highest BCUT2D eigenvalue weighted by Gasteiger charge is 2.48. The van der Waals surface area contributed by atoms with Crippen molar-refractivity contribution in [1.82, 2.24) is 15.2 Å². The Morgan fingerprint density at radius 2 is 1.40 bits per heavy atom. The molecule has 6 nitrogen and oxygen atoms in total. The molecule has 5 rings (SSSR count). The summed E-state index contributed by atoms with van der Waals surface area (Å²) in [5.41, 5.74) is -1.08. The van der Waals surface area contributed by atoms with Crippen LogP contribution in [0, 0.1) is 13.8 Å². The van der Waals surface area contributed by atoms with Crippen LogP contribution in [0.2, 0.25) is 0 Å². The zero-order chi connectivity index (χ0) is 34.8. The number of hydrogen-bond donors (Lipinski definition) is 1. The minimum Gasteiger partial charge on any atom is -0.310 e. The monoisotopic (exact) mass is 667 g/mol. The third-order valence-corrected chi connectivity index (χ3v) is 8.62. The third-order valence-electron chi connectivity index (χ3n) is 8.62. The number of alkyl halides is 6. The molecule has 0 bridgehead atoms. The fourth-order valence-corrected chi connectivity index (χ4v) is 6.08. The van der Waals surface area contributed by atoms with Crippen LogP contribution in [0.5, 0.6) is 0 Å². The van der Waals surface area contributed by atoms with E-state index in [-0.39, 0.29) is 18.5 Å². The number of aryl methyl sites for hydroxylation is 2. The summed E-state index contributed by atoms with van der Waals surface area (Å²) in [4.78, 5) is 47.3. The van der Waals surface area contributed by atoms with Crippen molar-refractivity contribution in [1.29, 1.82) is 0 Å². The molecular formula is C36H31F6N3O3. The van der Waals surface area contributed by atoms with Gasteiger partial charge < -0.3 is 5.32 Å². The van der Waals surface area contributed by atoms with Crippen molar-refractivity contribution in [3.63, 3.8) is 0 Å². The van der Waals surface area contributed by atoms with E-state index in [4.69, 9.17) is 0 Å². The summed E-state index contributed by atoms with van der Waals surface area (Å²) in [5, 5.41) is 3.09. The lowest BCUT2D eigenvalue weighted by atomic mass is 9.84. The van der Waals surface area contributed by atoms with E-state index in [1.807, 2.05) is 26.0 Å². The number of carbonyl (C=O) groups excluding carboxylic acids is 3. The lowest BCUT2D eigenvalue weighted by molar-refractivity contribution is -0.138. The summed E-state index contributed by atoms with van der Waals surface area (Å²) in [5.74, 6) is -2.70. The molecule has 0 amide bonds. The lowest BCUT2D eigenvalue weighted by Gasteiger charge is -2.45. The topological polar surface area (TPSA) is 79.4 Å². The van der Waals surface area contributed by atoms with E-state index in [0.717, 1.165) is 58.0 Å². The number of aromatic nitrogens is 1. The van der Waals surface area contributed by atoms with E-state index in [2.05, 4.69) is 10.3 Å². The minimum atomic E-state index is -4.92. The van der Waals surface area contributed by atoms with Crippen molar-refractivity contribution in [2.24, 2.45) is 0 Å². The maximum atomic E-state index is 14.5. The summed E-state index contributed by atoms with van der Waals surface area (Å²) in [7, 11) is 0.